The van der Waals surface area contributed by atoms with Crippen LogP contribution in [0, 0.1) is 11.8 Å². The molecule has 1 saturated carbocycles. The lowest BCUT2D eigenvalue weighted by molar-refractivity contribution is -0.121. The van der Waals surface area contributed by atoms with E-state index in [1.165, 1.54) is 12.8 Å². The quantitative estimate of drug-likeness (QED) is 0.679. The minimum Gasteiger partial charge on any atom is -0.371 e. The summed E-state index contributed by atoms with van der Waals surface area (Å²) in [6, 6.07) is 0. The maximum atomic E-state index is 11.4. The van der Waals surface area contributed by atoms with Gasteiger partial charge in [-0.3, -0.25) is 9.79 Å². The Hall–Kier alpha value is -1.06. The van der Waals surface area contributed by atoms with E-state index in [9.17, 15) is 4.79 Å². The fourth-order valence-corrected chi connectivity index (χ4v) is 2.51. The Balaban J connectivity index is 2.10. The van der Waals surface area contributed by atoms with Crippen LogP contribution in [0.2, 0.25) is 0 Å². The molecular formula is C10H17N3O. The lowest BCUT2D eigenvalue weighted by Crippen LogP contribution is -2.40. The minimum absolute atomic E-state index is 0.153. The third-order valence-corrected chi connectivity index (χ3v) is 3.17. The van der Waals surface area contributed by atoms with Crippen LogP contribution in [0.4, 0.5) is 0 Å². The highest BCUT2D eigenvalue weighted by molar-refractivity contribution is 6.03. The van der Waals surface area contributed by atoms with E-state index < -0.39 is 0 Å². The molecule has 1 aliphatic carbocycles. The molecule has 4 heteroatoms. The van der Waals surface area contributed by atoms with Crippen LogP contribution in [0.5, 0.6) is 0 Å². The summed E-state index contributed by atoms with van der Waals surface area (Å²) in [4.78, 5) is 15.7. The zero-order valence-electron chi connectivity index (χ0n) is 8.33. The first-order valence-corrected chi connectivity index (χ1v) is 5.36. The van der Waals surface area contributed by atoms with Crippen LogP contribution in [0.1, 0.15) is 25.7 Å². The number of nitrogens with two attached hydrogens (primary N) is 1. The van der Waals surface area contributed by atoms with Crippen LogP contribution >= 0.6 is 0 Å². The number of amidine groups is 1. The average molecular weight is 195 g/mol. The largest absolute Gasteiger partial charge is 0.371 e. The predicted octanol–water partition coefficient (Wildman–Crippen LogP) is 0.280. The highest BCUT2D eigenvalue weighted by Crippen LogP contribution is 2.32. The molecule has 78 valence electrons. The van der Waals surface area contributed by atoms with Crippen LogP contribution in [0.3, 0.4) is 0 Å². The van der Waals surface area contributed by atoms with Gasteiger partial charge in [-0.05, 0) is 18.8 Å². The van der Waals surface area contributed by atoms with Gasteiger partial charge in [-0.1, -0.05) is 12.8 Å². The Bertz CT molecular complexity index is 256. The van der Waals surface area contributed by atoms with Crippen molar-refractivity contribution in [1.82, 2.24) is 5.32 Å². The number of rotatable bonds is 3. The topological polar surface area (TPSA) is 67.5 Å². The van der Waals surface area contributed by atoms with E-state index in [2.05, 4.69) is 10.3 Å². The van der Waals surface area contributed by atoms with E-state index in [1.54, 1.807) is 0 Å². The molecule has 1 atom stereocenters. The molecule has 0 aromatic carbocycles. The molecule has 0 bridgehead atoms. The maximum Gasteiger partial charge on any atom is 0.228 e. The monoisotopic (exact) mass is 195 g/mol. The standard InChI is InChI=1S/C10H17N3O/c11-9(14)8(7-3-1-2-4-7)10-12-5-6-13-10/h7-8H,1-6H2,(H2,11,14)(H,12,13). The molecule has 4 nitrogen and oxygen atoms in total. The van der Waals surface area contributed by atoms with Gasteiger partial charge in [0.2, 0.25) is 5.91 Å². The molecule has 1 heterocycles. The lowest BCUT2D eigenvalue weighted by atomic mass is 9.89. The third-order valence-electron chi connectivity index (χ3n) is 3.17. The van der Waals surface area contributed by atoms with Crippen LogP contribution in [-0.2, 0) is 4.79 Å². The normalized spacial score (nSPS) is 24.4. The molecule has 1 aliphatic heterocycles. The van der Waals surface area contributed by atoms with Gasteiger partial charge in [0, 0.05) is 6.54 Å². The number of carbonyl (C=O) groups excluding carboxylic acids is 1. The molecular weight excluding hydrogens is 178 g/mol. The van der Waals surface area contributed by atoms with Crippen molar-refractivity contribution in [2.75, 3.05) is 13.1 Å². The highest BCUT2D eigenvalue weighted by Gasteiger charge is 2.34. The SMILES string of the molecule is NC(=O)C(C1=NCCN1)C1CCCC1. The van der Waals surface area contributed by atoms with Gasteiger partial charge in [-0.15, -0.1) is 0 Å². The Morgan fingerprint density at radius 2 is 2.21 bits per heavy atom. The number of hydrogen-bond donors (Lipinski definition) is 2. The van der Waals surface area contributed by atoms with Gasteiger partial charge in [0.05, 0.1) is 12.5 Å². The zero-order valence-corrected chi connectivity index (χ0v) is 8.33. The Morgan fingerprint density at radius 3 is 2.71 bits per heavy atom. The highest BCUT2D eigenvalue weighted by atomic mass is 16.1. The Kier molecular flexibility index (Phi) is 2.70. The molecule has 0 radical (unpaired) electrons. The van der Waals surface area contributed by atoms with Gasteiger partial charge in [0.1, 0.15) is 5.84 Å². The number of aliphatic imine (C=N–C) groups is 1. The summed E-state index contributed by atoms with van der Waals surface area (Å²) in [7, 11) is 0. The number of nitrogens with zero attached hydrogens (tertiary/aromatic N) is 1. The van der Waals surface area contributed by atoms with Gasteiger partial charge in [-0.2, -0.15) is 0 Å². The van der Waals surface area contributed by atoms with E-state index >= 15 is 0 Å². The van der Waals surface area contributed by atoms with Crippen LogP contribution in [0.15, 0.2) is 4.99 Å². The Labute approximate surface area is 84.0 Å². The van der Waals surface area contributed by atoms with Gasteiger partial charge in [0.25, 0.3) is 0 Å². The fourth-order valence-electron chi connectivity index (χ4n) is 2.51. The van der Waals surface area contributed by atoms with E-state index in [1.807, 2.05) is 0 Å². The van der Waals surface area contributed by atoms with Crippen molar-refractivity contribution >= 4 is 11.7 Å². The molecule has 14 heavy (non-hydrogen) atoms. The average Bonchev–Trinajstić information content (AvgIpc) is 2.75. The lowest BCUT2D eigenvalue weighted by Gasteiger charge is -2.20. The smallest absolute Gasteiger partial charge is 0.228 e. The van der Waals surface area contributed by atoms with Gasteiger partial charge in [0.15, 0.2) is 0 Å². The van der Waals surface area contributed by atoms with E-state index in [0.29, 0.717) is 5.92 Å². The van der Waals surface area contributed by atoms with Crippen molar-refractivity contribution in [2.45, 2.75) is 25.7 Å². The molecule has 0 spiro atoms. The number of amides is 1. The number of nitrogens with one attached hydrogen (secondary N) is 1. The minimum atomic E-state index is -0.218. The first kappa shape index (κ1) is 9.49. The second-order valence-corrected chi connectivity index (χ2v) is 4.12. The molecule has 2 aliphatic rings. The van der Waals surface area contributed by atoms with Crippen molar-refractivity contribution in [3.05, 3.63) is 0 Å². The van der Waals surface area contributed by atoms with Gasteiger partial charge >= 0.3 is 0 Å². The van der Waals surface area contributed by atoms with E-state index in [-0.39, 0.29) is 11.8 Å². The summed E-state index contributed by atoms with van der Waals surface area (Å²) in [5, 5.41) is 3.16. The number of carbonyl (C=O) groups is 1. The molecule has 1 unspecified atom stereocenters. The third kappa shape index (κ3) is 1.74. The van der Waals surface area contributed by atoms with E-state index in [0.717, 1.165) is 31.8 Å². The number of primary amides is 1. The molecule has 1 fully saturated rings. The van der Waals surface area contributed by atoms with Crippen molar-refractivity contribution < 1.29 is 4.79 Å². The molecule has 0 saturated heterocycles. The second kappa shape index (κ2) is 3.98. The Morgan fingerprint density at radius 1 is 1.50 bits per heavy atom. The van der Waals surface area contributed by atoms with Crippen molar-refractivity contribution in [1.29, 1.82) is 0 Å². The first-order valence-electron chi connectivity index (χ1n) is 5.36. The molecule has 0 aromatic rings. The summed E-state index contributed by atoms with van der Waals surface area (Å²) in [5.41, 5.74) is 5.44. The summed E-state index contributed by atoms with van der Waals surface area (Å²) >= 11 is 0. The van der Waals surface area contributed by atoms with Gasteiger partial charge in [-0.25, -0.2) is 0 Å². The summed E-state index contributed by atoms with van der Waals surface area (Å²) in [6.45, 7) is 1.64. The first-order chi connectivity index (χ1) is 6.79. The number of hydrogen-bond acceptors (Lipinski definition) is 3. The van der Waals surface area contributed by atoms with Gasteiger partial charge < -0.3 is 11.1 Å². The molecule has 1 amide bonds. The summed E-state index contributed by atoms with van der Waals surface area (Å²) in [5.74, 6) is 0.895. The molecule has 0 aromatic heterocycles. The fraction of sp³-hybridized carbons (Fsp3) is 0.800. The summed E-state index contributed by atoms with van der Waals surface area (Å²) in [6.07, 6.45) is 4.69. The molecule has 2 rings (SSSR count). The van der Waals surface area contributed by atoms with Crippen molar-refractivity contribution in [3.63, 3.8) is 0 Å². The predicted molar refractivity (Wildman–Crippen MR) is 54.9 cm³/mol. The van der Waals surface area contributed by atoms with Crippen LogP contribution < -0.4 is 11.1 Å². The van der Waals surface area contributed by atoms with Crippen LogP contribution in [-0.4, -0.2) is 24.8 Å². The zero-order chi connectivity index (χ0) is 9.97. The van der Waals surface area contributed by atoms with E-state index in [4.69, 9.17) is 5.73 Å². The summed E-state index contributed by atoms with van der Waals surface area (Å²) < 4.78 is 0. The molecule has 3 N–H and O–H groups in total. The van der Waals surface area contributed by atoms with Crippen molar-refractivity contribution in [2.24, 2.45) is 22.6 Å². The van der Waals surface area contributed by atoms with Crippen molar-refractivity contribution in [3.8, 4) is 0 Å². The maximum absolute atomic E-state index is 11.4. The second-order valence-electron chi connectivity index (χ2n) is 4.12. The van der Waals surface area contributed by atoms with Crippen LogP contribution in [0.25, 0.3) is 0 Å².